The molecule has 0 saturated heterocycles. The van der Waals surface area contributed by atoms with Gasteiger partial charge in [0, 0.05) is 18.7 Å². The Bertz CT molecular complexity index is 753. The van der Waals surface area contributed by atoms with Crippen molar-refractivity contribution in [2.24, 2.45) is 0 Å². The number of benzene rings is 1. The van der Waals surface area contributed by atoms with E-state index < -0.39 is 0 Å². The molecular weight excluding hydrogens is 310 g/mol. The highest BCUT2D eigenvalue weighted by Gasteiger charge is 2.09. The third-order valence-corrected chi connectivity index (χ3v) is 4.47. The number of hydrogen-bond donors (Lipinski definition) is 2. The number of H-pyrrole nitrogens is 1. The van der Waals surface area contributed by atoms with E-state index in [0.29, 0.717) is 0 Å². The van der Waals surface area contributed by atoms with Gasteiger partial charge in [0.25, 0.3) is 0 Å². The van der Waals surface area contributed by atoms with E-state index in [2.05, 4.69) is 27.0 Å². The monoisotopic (exact) mass is 329 g/mol. The Morgan fingerprint density at radius 3 is 2.74 bits per heavy atom. The molecule has 0 amide bonds. The third kappa shape index (κ3) is 3.55. The summed E-state index contributed by atoms with van der Waals surface area (Å²) in [6.45, 7) is 1.49. The Kier molecular flexibility index (Phi) is 4.95. The molecule has 0 saturated carbocycles. The van der Waals surface area contributed by atoms with E-state index in [-0.39, 0.29) is 0 Å². The van der Waals surface area contributed by atoms with E-state index >= 15 is 0 Å². The van der Waals surface area contributed by atoms with Crippen molar-refractivity contribution in [3.63, 3.8) is 0 Å². The SMILES string of the molecule is COc1ccc(CNCc2cn[nH]c2-c2cccs2)cc1OC. The smallest absolute Gasteiger partial charge is 0.161 e. The second-order valence-corrected chi connectivity index (χ2v) is 5.99. The van der Waals surface area contributed by atoms with Gasteiger partial charge in [-0.05, 0) is 29.1 Å². The Morgan fingerprint density at radius 2 is 2.00 bits per heavy atom. The lowest BCUT2D eigenvalue weighted by Gasteiger charge is -2.10. The first-order valence-electron chi connectivity index (χ1n) is 7.29. The first kappa shape index (κ1) is 15.6. The number of hydrogen-bond acceptors (Lipinski definition) is 5. The molecule has 3 rings (SSSR count). The minimum absolute atomic E-state index is 0.742. The fourth-order valence-electron chi connectivity index (χ4n) is 2.41. The van der Waals surface area contributed by atoms with E-state index in [1.165, 1.54) is 4.88 Å². The van der Waals surface area contributed by atoms with E-state index in [0.717, 1.165) is 41.4 Å². The summed E-state index contributed by atoms with van der Waals surface area (Å²) >= 11 is 1.70. The van der Waals surface area contributed by atoms with E-state index in [1.807, 2.05) is 30.5 Å². The molecule has 0 atom stereocenters. The highest BCUT2D eigenvalue weighted by Crippen LogP contribution is 2.28. The number of aromatic amines is 1. The number of methoxy groups -OCH3 is 2. The van der Waals surface area contributed by atoms with Gasteiger partial charge < -0.3 is 14.8 Å². The molecule has 0 radical (unpaired) electrons. The van der Waals surface area contributed by atoms with Gasteiger partial charge in [-0.25, -0.2) is 0 Å². The molecular formula is C17H19N3O2S. The molecule has 0 aliphatic rings. The van der Waals surface area contributed by atoms with Crippen LogP contribution >= 0.6 is 11.3 Å². The second-order valence-electron chi connectivity index (χ2n) is 5.04. The van der Waals surface area contributed by atoms with E-state index in [4.69, 9.17) is 9.47 Å². The first-order valence-corrected chi connectivity index (χ1v) is 8.17. The van der Waals surface area contributed by atoms with Gasteiger partial charge in [0.05, 0.1) is 31.0 Å². The molecule has 0 aliphatic carbocycles. The average molecular weight is 329 g/mol. The van der Waals surface area contributed by atoms with E-state index in [9.17, 15) is 0 Å². The van der Waals surface area contributed by atoms with Crippen molar-refractivity contribution in [2.75, 3.05) is 14.2 Å². The molecule has 5 nitrogen and oxygen atoms in total. The molecule has 2 N–H and O–H groups in total. The lowest BCUT2D eigenvalue weighted by molar-refractivity contribution is 0.354. The summed E-state index contributed by atoms with van der Waals surface area (Å²) in [6.07, 6.45) is 1.87. The van der Waals surface area contributed by atoms with Crippen LogP contribution in [0.5, 0.6) is 11.5 Å². The van der Waals surface area contributed by atoms with Crippen LogP contribution in [0.1, 0.15) is 11.1 Å². The normalized spacial score (nSPS) is 10.7. The predicted octanol–water partition coefficient (Wildman–Crippen LogP) is 3.45. The molecule has 0 bridgehead atoms. The lowest BCUT2D eigenvalue weighted by Crippen LogP contribution is -2.13. The topological polar surface area (TPSA) is 59.2 Å². The van der Waals surface area contributed by atoms with Crippen molar-refractivity contribution < 1.29 is 9.47 Å². The van der Waals surface area contributed by atoms with Crippen LogP contribution in [-0.4, -0.2) is 24.4 Å². The van der Waals surface area contributed by atoms with Gasteiger partial charge in [-0.3, -0.25) is 5.10 Å². The van der Waals surface area contributed by atoms with Crippen molar-refractivity contribution >= 4 is 11.3 Å². The molecule has 23 heavy (non-hydrogen) atoms. The molecule has 2 heterocycles. The molecule has 120 valence electrons. The zero-order chi connectivity index (χ0) is 16.1. The van der Waals surface area contributed by atoms with Crippen LogP contribution in [0, 0.1) is 0 Å². The minimum atomic E-state index is 0.742. The van der Waals surface area contributed by atoms with Crippen LogP contribution in [-0.2, 0) is 13.1 Å². The summed E-state index contributed by atoms with van der Waals surface area (Å²) in [5, 5.41) is 12.7. The van der Waals surface area contributed by atoms with Crippen LogP contribution in [0.2, 0.25) is 0 Å². The molecule has 1 aromatic carbocycles. The number of thiophene rings is 1. The Morgan fingerprint density at radius 1 is 1.13 bits per heavy atom. The zero-order valence-electron chi connectivity index (χ0n) is 13.1. The predicted molar refractivity (Wildman–Crippen MR) is 92.0 cm³/mol. The number of nitrogens with one attached hydrogen (secondary N) is 2. The first-order chi connectivity index (χ1) is 11.3. The highest BCUT2D eigenvalue weighted by atomic mass is 32.1. The number of aromatic nitrogens is 2. The Balaban J connectivity index is 1.63. The number of ether oxygens (including phenoxy) is 2. The van der Waals surface area contributed by atoms with Gasteiger partial charge in [-0.1, -0.05) is 12.1 Å². The number of nitrogens with zero attached hydrogens (tertiary/aromatic N) is 1. The Labute approximate surface area is 139 Å². The van der Waals surface area contributed by atoms with Crippen LogP contribution in [0.4, 0.5) is 0 Å². The standard InChI is InChI=1S/C17H19N3O2S/c1-21-14-6-5-12(8-15(14)22-2)9-18-10-13-11-19-20-17(13)16-4-3-7-23-16/h3-8,11,18H,9-10H2,1-2H3,(H,19,20). The van der Waals surface area contributed by atoms with Gasteiger partial charge >= 0.3 is 0 Å². The summed E-state index contributed by atoms with van der Waals surface area (Å²) < 4.78 is 10.6. The van der Waals surface area contributed by atoms with E-state index in [1.54, 1.807) is 25.6 Å². The molecule has 2 aromatic heterocycles. The van der Waals surface area contributed by atoms with Crippen LogP contribution < -0.4 is 14.8 Å². The van der Waals surface area contributed by atoms with Crippen molar-refractivity contribution in [1.29, 1.82) is 0 Å². The van der Waals surface area contributed by atoms with Crippen LogP contribution in [0.15, 0.2) is 41.9 Å². The van der Waals surface area contributed by atoms with Gasteiger partial charge in [0.15, 0.2) is 11.5 Å². The highest BCUT2D eigenvalue weighted by molar-refractivity contribution is 7.13. The Hall–Kier alpha value is -2.31. The van der Waals surface area contributed by atoms with Crippen molar-refractivity contribution in [2.45, 2.75) is 13.1 Å². The summed E-state index contributed by atoms with van der Waals surface area (Å²) in [7, 11) is 3.29. The quantitative estimate of drug-likeness (QED) is 0.697. The fraction of sp³-hybridized carbons (Fsp3) is 0.235. The summed E-state index contributed by atoms with van der Waals surface area (Å²) in [4.78, 5) is 1.20. The summed E-state index contributed by atoms with van der Waals surface area (Å²) in [5.41, 5.74) is 3.39. The van der Waals surface area contributed by atoms with Gasteiger partial charge in [-0.2, -0.15) is 5.10 Å². The molecule has 0 spiro atoms. The summed E-state index contributed by atoms with van der Waals surface area (Å²) in [6, 6.07) is 10.1. The zero-order valence-corrected chi connectivity index (χ0v) is 13.9. The maximum Gasteiger partial charge on any atom is 0.161 e. The molecule has 6 heteroatoms. The average Bonchev–Trinajstić information content (AvgIpc) is 3.25. The number of rotatable bonds is 7. The maximum atomic E-state index is 5.33. The largest absolute Gasteiger partial charge is 0.493 e. The summed E-state index contributed by atoms with van der Waals surface area (Å²) in [5.74, 6) is 1.49. The van der Waals surface area contributed by atoms with Gasteiger partial charge in [0.1, 0.15) is 0 Å². The van der Waals surface area contributed by atoms with Crippen LogP contribution in [0.3, 0.4) is 0 Å². The minimum Gasteiger partial charge on any atom is -0.493 e. The molecule has 0 unspecified atom stereocenters. The molecule has 3 aromatic rings. The third-order valence-electron chi connectivity index (χ3n) is 3.58. The second kappa shape index (κ2) is 7.30. The van der Waals surface area contributed by atoms with Gasteiger partial charge in [0.2, 0.25) is 0 Å². The van der Waals surface area contributed by atoms with Gasteiger partial charge in [-0.15, -0.1) is 11.3 Å². The fourth-order valence-corrected chi connectivity index (χ4v) is 3.17. The van der Waals surface area contributed by atoms with Crippen LogP contribution in [0.25, 0.3) is 10.6 Å². The van der Waals surface area contributed by atoms with Crippen molar-refractivity contribution in [1.82, 2.24) is 15.5 Å². The lowest BCUT2D eigenvalue weighted by atomic mass is 10.2. The molecule has 0 fully saturated rings. The molecule has 0 aliphatic heterocycles. The van der Waals surface area contributed by atoms with Crippen molar-refractivity contribution in [3.05, 3.63) is 53.0 Å². The van der Waals surface area contributed by atoms with Crippen molar-refractivity contribution in [3.8, 4) is 22.1 Å². The maximum absolute atomic E-state index is 5.33.